The van der Waals surface area contributed by atoms with E-state index in [1.807, 2.05) is 6.92 Å². The minimum Gasteiger partial charge on any atom is -0.466 e. The normalized spacial score (nSPS) is 10.4. The summed E-state index contributed by atoms with van der Waals surface area (Å²) in [7, 11) is 0. The summed E-state index contributed by atoms with van der Waals surface area (Å²) in [4.78, 5) is 11.8. The highest BCUT2D eigenvalue weighted by Gasteiger charge is 2.14. The number of anilines is 1. The van der Waals surface area contributed by atoms with Gasteiger partial charge < -0.3 is 4.42 Å². The molecular formula is C10H11N3O2S. The maximum absolute atomic E-state index is 11.8. The van der Waals surface area contributed by atoms with Gasteiger partial charge in [-0.2, -0.15) is 0 Å². The summed E-state index contributed by atoms with van der Waals surface area (Å²) < 4.78 is 5.29. The third-order valence-electron chi connectivity index (χ3n) is 2.03. The summed E-state index contributed by atoms with van der Waals surface area (Å²) in [5.41, 5.74) is 0.533. The van der Waals surface area contributed by atoms with E-state index in [0.717, 1.165) is 10.8 Å². The number of aromatic nitrogens is 2. The van der Waals surface area contributed by atoms with E-state index in [0.29, 0.717) is 16.5 Å². The van der Waals surface area contributed by atoms with Gasteiger partial charge in [0.25, 0.3) is 5.91 Å². The second-order valence-electron chi connectivity index (χ2n) is 3.41. The van der Waals surface area contributed by atoms with Crippen molar-refractivity contribution in [1.29, 1.82) is 0 Å². The first-order chi connectivity index (χ1) is 7.56. The lowest BCUT2D eigenvalue weighted by Gasteiger charge is -1.97. The molecule has 0 saturated heterocycles. The molecule has 1 amide bonds. The number of hydrogen-bond donors (Lipinski definition) is 1. The molecule has 0 aromatic carbocycles. The Labute approximate surface area is 96.5 Å². The molecule has 0 saturated carbocycles. The van der Waals surface area contributed by atoms with E-state index in [-0.39, 0.29) is 5.91 Å². The van der Waals surface area contributed by atoms with E-state index in [9.17, 15) is 4.79 Å². The Morgan fingerprint density at radius 2 is 2.12 bits per heavy atom. The third-order valence-corrected chi connectivity index (χ3v) is 2.79. The van der Waals surface area contributed by atoms with Crippen molar-refractivity contribution in [2.45, 2.75) is 20.8 Å². The third kappa shape index (κ3) is 2.11. The molecule has 0 spiro atoms. The van der Waals surface area contributed by atoms with E-state index in [4.69, 9.17) is 4.42 Å². The Morgan fingerprint density at radius 3 is 2.62 bits per heavy atom. The highest BCUT2D eigenvalue weighted by molar-refractivity contribution is 7.15. The Balaban J connectivity index is 2.17. The topological polar surface area (TPSA) is 68.0 Å². The lowest BCUT2D eigenvalue weighted by atomic mass is 10.2. The van der Waals surface area contributed by atoms with Crippen LogP contribution in [0.15, 0.2) is 10.5 Å². The van der Waals surface area contributed by atoms with Crippen molar-refractivity contribution in [3.8, 4) is 0 Å². The molecule has 2 rings (SSSR count). The highest BCUT2D eigenvalue weighted by atomic mass is 32.1. The molecule has 5 nitrogen and oxygen atoms in total. The minimum absolute atomic E-state index is 0.217. The second-order valence-corrected chi connectivity index (χ2v) is 4.59. The number of hydrogen-bond acceptors (Lipinski definition) is 5. The fourth-order valence-electron chi connectivity index (χ4n) is 1.37. The molecule has 0 aliphatic heterocycles. The molecule has 2 heterocycles. The summed E-state index contributed by atoms with van der Waals surface area (Å²) in [5, 5.41) is 11.6. The first-order valence-electron chi connectivity index (χ1n) is 4.75. The molecule has 1 N–H and O–H groups in total. The van der Waals surface area contributed by atoms with E-state index in [1.54, 1.807) is 19.9 Å². The molecule has 2 aromatic heterocycles. The van der Waals surface area contributed by atoms with Crippen LogP contribution in [0.3, 0.4) is 0 Å². The fourth-order valence-corrected chi connectivity index (χ4v) is 1.95. The Bertz CT molecular complexity index is 530. The van der Waals surface area contributed by atoms with Gasteiger partial charge in [0.2, 0.25) is 5.13 Å². The molecule has 0 aliphatic carbocycles. The largest absolute Gasteiger partial charge is 0.466 e. The predicted molar refractivity (Wildman–Crippen MR) is 60.8 cm³/mol. The standard InChI is InChI=1S/C10H11N3O2S/c1-5-4-8(6(2)15-5)9(14)11-10-13-12-7(3)16-10/h4H,1-3H3,(H,11,13,14). The van der Waals surface area contributed by atoms with E-state index >= 15 is 0 Å². The van der Waals surface area contributed by atoms with Crippen molar-refractivity contribution in [3.63, 3.8) is 0 Å². The molecule has 0 bridgehead atoms. The van der Waals surface area contributed by atoms with Gasteiger partial charge in [0.1, 0.15) is 16.5 Å². The molecule has 0 unspecified atom stereocenters. The van der Waals surface area contributed by atoms with Crippen molar-refractivity contribution in [3.05, 3.63) is 28.2 Å². The highest BCUT2D eigenvalue weighted by Crippen LogP contribution is 2.18. The summed E-state index contributed by atoms with van der Waals surface area (Å²) in [6, 6.07) is 1.71. The second kappa shape index (κ2) is 4.05. The molecular weight excluding hydrogens is 226 g/mol. The van der Waals surface area contributed by atoms with Crippen molar-refractivity contribution in [2.75, 3.05) is 5.32 Å². The predicted octanol–water partition coefficient (Wildman–Crippen LogP) is 2.31. The van der Waals surface area contributed by atoms with Crippen LogP contribution in [0.2, 0.25) is 0 Å². The van der Waals surface area contributed by atoms with Crippen LogP contribution in [-0.2, 0) is 0 Å². The van der Waals surface area contributed by atoms with Crippen LogP contribution < -0.4 is 5.32 Å². The molecule has 16 heavy (non-hydrogen) atoms. The molecule has 0 atom stereocenters. The lowest BCUT2D eigenvalue weighted by molar-refractivity contribution is 0.102. The van der Waals surface area contributed by atoms with Crippen LogP contribution >= 0.6 is 11.3 Å². The average Bonchev–Trinajstić information content (AvgIpc) is 2.73. The summed E-state index contributed by atoms with van der Waals surface area (Å²) in [6.45, 7) is 5.40. The zero-order valence-corrected chi connectivity index (χ0v) is 10.0. The van der Waals surface area contributed by atoms with Gasteiger partial charge in [0.15, 0.2) is 0 Å². The molecule has 0 aliphatic rings. The first kappa shape index (κ1) is 10.8. The minimum atomic E-state index is -0.217. The van der Waals surface area contributed by atoms with Gasteiger partial charge in [0, 0.05) is 0 Å². The maximum atomic E-state index is 11.8. The van der Waals surface area contributed by atoms with E-state index in [2.05, 4.69) is 15.5 Å². The number of carbonyl (C=O) groups is 1. The molecule has 6 heteroatoms. The Morgan fingerprint density at radius 1 is 1.38 bits per heavy atom. The monoisotopic (exact) mass is 237 g/mol. The number of rotatable bonds is 2. The molecule has 0 radical (unpaired) electrons. The molecule has 0 fully saturated rings. The van der Waals surface area contributed by atoms with E-state index in [1.165, 1.54) is 11.3 Å². The number of amides is 1. The molecule has 84 valence electrons. The SMILES string of the molecule is Cc1cc(C(=O)Nc2nnc(C)s2)c(C)o1. The Hall–Kier alpha value is -1.69. The van der Waals surface area contributed by atoms with Crippen LogP contribution in [0.4, 0.5) is 5.13 Å². The number of furan rings is 1. The number of nitrogens with one attached hydrogen (secondary N) is 1. The molecule has 2 aromatic rings. The van der Waals surface area contributed by atoms with Gasteiger partial charge in [0.05, 0.1) is 5.56 Å². The zero-order valence-electron chi connectivity index (χ0n) is 9.20. The number of aryl methyl sites for hydroxylation is 3. The zero-order chi connectivity index (χ0) is 11.7. The van der Waals surface area contributed by atoms with Crippen molar-refractivity contribution in [1.82, 2.24) is 10.2 Å². The lowest BCUT2D eigenvalue weighted by Crippen LogP contribution is -2.11. The van der Waals surface area contributed by atoms with Crippen LogP contribution in [0.25, 0.3) is 0 Å². The van der Waals surface area contributed by atoms with Gasteiger partial charge >= 0.3 is 0 Å². The first-order valence-corrected chi connectivity index (χ1v) is 5.56. The smallest absolute Gasteiger partial charge is 0.261 e. The summed E-state index contributed by atoms with van der Waals surface area (Å²) in [6.07, 6.45) is 0. The van der Waals surface area contributed by atoms with Gasteiger partial charge in [-0.15, -0.1) is 10.2 Å². The quantitative estimate of drug-likeness (QED) is 0.870. The number of nitrogens with zero attached hydrogens (tertiary/aromatic N) is 2. The van der Waals surface area contributed by atoms with Gasteiger partial charge in [-0.05, 0) is 26.8 Å². The summed E-state index contributed by atoms with van der Waals surface area (Å²) in [5.74, 6) is 1.11. The fraction of sp³-hybridized carbons (Fsp3) is 0.300. The number of carbonyl (C=O) groups excluding carboxylic acids is 1. The van der Waals surface area contributed by atoms with Crippen LogP contribution in [0, 0.1) is 20.8 Å². The Kier molecular flexibility index (Phi) is 2.74. The van der Waals surface area contributed by atoms with Gasteiger partial charge in [-0.1, -0.05) is 11.3 Å². The van der Waals surface area contributed by atoms with Crippen molar-refractivity contribution >= 4 is 22.4 Å². The average molecular weight is 237 g/mol. The van der Waals surface area contributed by atoms with Gasteiger partial charge in [-0.3, -0.25) is 10.1 Å². The van der Waals surface area contributed by atoms with Crippen LogP contribution in [-0.4, -0.2) is 16.1 Å². The van der Waals surface area contributed by atoms with Gasteiger partial charge in [-0.25, -0.2) is 0 Å². The van der Waals surface area contributed by atoms with E-state index < -0.39 is 0 Å². The van der Waals surface area contributed by atoms with Crippen LogP contribution in [0.1, 0.15) is 26.9 Å². The summed E-state index contributed by atoms with van der Waals surface area (Å²) >= 11 is 1.34. The van der Waals surface area contributed by atoms with Crippen molar-refractivity contribution in [2.24, 2.45) is 0 Å². The van der Waals surface area contributed by atoms with Crippen molar-refractivity contribution < 1.29 is 9.21 Å². The van der Waals surface area contributed by atoms with Crippen LogP contribution in [0.5, 0.6) is 0 Å². The maximum Gasteiger partial charge on any atom is 0.261 e.